The van der Waals surface area contributed by atoms with E-state index in [0.29, 0.717) is 34.0 Å². The van der Waals surface area contributed by atoms with E-state index in [1.807, 2.05) is 18.2 Å². The molecule has 0 radical (unpaired) electrons. The quantitative estimate of drug-likeness (QED) is 0.269. The molecule has 194 valence electrons. The first-order chi connectivity index (χ1) is 18.5. The van der Waals surface area contributed by atoms with E-state index in [4.69, 9.17) is 0 Å². The van der Waals surface area contributed by atoms with Gasteiger partial charge in [0.2, 0.25) is 11.9 Å². The molecule has 3 N–H and O–H groups in total. The molecule has 0 atom stereocenters. The first kappa shape index (κ1) is 25.2. The molecular formula is C29H30FN7O. The fourth-order valence-corrected chi connectivity index (χ4v) is 4.46. The molecule has 9 heteroatoms. The molecule has 1 aliphatic rings. The normalized spacial score (nSPS) is 13.8. The van der Waals surface area contributed by atoms with Crippen molar-refractivity contribution in [3.8, 4) is 0 Å². The predicted octanol–water partition coefficient (Wildman–Crippen LogP) is 5.52. The van der Waals surface area contributed by atoms with Gasteiger partial charge in [0, 0.05) is 54.3 Å². The number of halogens is 1. The second-order valence-electron chi connectivity index (χ2n) is 9.05. The lowest BCUT2D eigenvalue weighted by atomic mass is 10.2. The zero-order chi connectivity index (χ0) is 26.5. The van der Waals surface area contributed by atoms with Crippen molar-refractivity contribution in [2.75, 3.05) is 53.6 Å². The smallest absolute Gasteiger partial charge is 0.247 e. The van der Waals surface area contributed by atoms with Gasteiger partial charge in [-0.05, 0) is 73.3 Å². The lowest BCUT2D eigenvalue weighted by Crippen LogP contribution is -2.46. The summed E-state index contributed by atoms with van der Waals surface area (Å²) in [5.74, 6) is 0.131. The van der Waals surface area contributed by atoms with Gasteiger partial charge in [0.15, 0.2) is 0 Å². The van der Waals surface area contributed by atoms with Gasteiger partial charge in [-0.15, -0.1) is 0 Å². The fourth-order valence-electron chi connectivity index (χ4n) is 4.46. The zero-order valence-corrected chi connectivity index (χ0v) is 21.2. The zero-order valence-electron chi connectivity index (χ0n) is 21.2. The Morgan fingerprint density at radius 3 is 2.45 bits per heavy atom. The van der Waals surface area contributed by atoms with Gasteiger partial charge in [-0.2, -0.15) is 4.98 Å². The van der Waals surface area contributed by atoms with Gasteiger partial charge in [0.25, 0.3) is 0 Å². The number of carbonyl (C=O) groups is 1. The molecule has 0 bridgehead atoms. The van der Waals surface area contributed by atoms with Gasteiger partial charge >= 0.3 is 0 Å². The van der Waals surface area contributed by atoms with Crippen LogP contribution in [0.2, 0.25) is 0 Å². The van der Waals surface area contributed by atoms with Gasteiger partial charge < -0.3 is 25.8 Å². The number of hydrogen-bond acceptors (Lipinski definition) is 7. The van der Waals surface area contributed by atoms with Crippen LogP contribution in [0, 0.1) is 5.82 Å². The number of benzene rings is 3. The molecule has 2 heterocycles. The van der Waals surface area contributed by atoms with Crippen LogP contribution in [-0.2, 0) is 4.79 Å². The molecule has 4 aromatic rings. The number of likely N-dealkylation sites (N-methyl/N-ethyl adjacent to an activating group) is 1. The molecule has 8 nitrogen and oxygen atoms in total. The number of nitrogens with one attached hydrogen (secondary N) is 3. The largest absolute Gasteiger partial charge is 0.369 e. The predicted molar refractivity (Wildman–Crippen MR) is 152 cm³/mol. The molecule has 0 unspecified atom stereocenters. The lowest BCUT2D eigenvalue weighted by molar-refractivity contribution is -0.111. The summed E-state index contributed by atoms with van der Waals surface area (Å²) in [7, 11) is 0. The number of piperazine rings is 1. The number of aromatic nitrogens is 2. The summed E-state index contributed by atoms with van der Waals surface area (Å²) in [6, 6.07) is 19.8. The highest BCUT2D eigenvalue weighted by Gasteiger charge is 2.16. The number of rotatable bonds is 8. The highest BCUT2D eigenvalue weighted by Crippen LogP contribution is 2.29. The Balaban J connectivity index is 1.38. The number of hydrogen-bond donors (Lipinski definition) is 3. The summed E-state index contributed by atoms with van der Waals surface area (Å²) >= 11 is 0. The summed E-state index contributed by atoms with van der Waals surface area (Å²) in [4.78, 5) is 25.8. The van der Waals surface area contributed by atoms with E-state index in [1.165, 1.54) is 23.9 Å². The minimum atomic E-state index is -0.382. The maximum absolute atomic E-state index is 14.1. The van der Waals surface area contributed by atoms with Crippen molar-refractivity contribution in [2.45, 2.75) is 6.92 Å². The molecule has 1 amide bonds. The summed E-state index contributed by atoms with van der Waals surface area (Å²) in [6.45, 7) is 10.9. The second-order valence-corrected chi connectivity index (χ2v) is 9.05. The standard InChI is InChI=1S/C29H30FN7O/c1-3-27(38)31-22-6-5-7-23(19-22)32-28-25-18-20(30)8-13-26(25)34-29(35-28)33-21-9-11-24(12-10-21)37-16-14-36(4-2)15-17-37/h3,5-13,18-19H,1,4,14-17H2,2H3,(H,31,38)(H2,32,33,34,35). The molecule has 0 aliphatic carbocycles. The van der Waals surface area contributed by atoms with Crippen molar-refractivity contribution in [2.24, 2.45) is 0 Å². The van der Waals surface area contributed by atoms with E-state index in [1.54, 1.807) is 24.3 Å². The lowest BCUT2D eigenvalue weighted by Gasteiger charge is -2.35. The van der Waals surface area contributed by atoms with Gasteiger partial charge in [-0.3, -0.25) is 4.79 Å². The molecule has 1 aromatic heterocycles. The second kappa shape index (κ2) is 11.3. The monoisotopic (exact) mass is 511 g/mol. The van der Waals surface area contributed by atoms with Crippen molar-refractivity contribution >= 4 is 51.3 Å². The number of amides is 1. The number of carbonyl (C=O) groups excluding carboxylic acids is 1. The molecule has 0 spiro atoms. The fraction of sp³-hybridized carbons (Fsp3) is 0.207. The van der Waals surface area contributed by atoms with E-state index in [-0.39, 0.29) is 11.7 Å². The minimum absolute atomic E-state index is 0.308. The highest BCUT2D eigenvalue weighted by molar-refractivity contribution is 5.99. The Kier molecular flexibility index (Phi) is 7.46. The van der Waals surface area contributed by atoms with Crippen molar-refractivity contribution in [1.29, 1.82) is 0 Å². The van der Waals surface area contributed by atoms with Gasteiger partial charge in [0.1, 0.15) is 11.6 Å². The van der Waals surface area contributed by atoms with Crippen molar-refractivity contribution in [3.05, 3.63) is 85.2 Å². The maximum Gasteiger partial charge on any atom is 0.247 e. The third-order valence-corrected chi connectivity index (χ3v) is 6.54. The van der Waals surface area contributed by atoms with Crippen LogP contribution >= 0.6 is 0 Å². The molecule has 1 fully saturated rings. The Morgan fingerprint density at radius 1 is 0.947 bits per heavy atom. The average molecular weight is 512 g/mol. The number of nitrogens with zero attached hydrogens (tertiary/aromatic N) is 4. The van der Waals surface area contributed by atoms with E-state index < -0.39 is 0 Å². The van der Waals surface area contributed by atoms with Crippen molar-refractivity contribution in [1.82, 2.24) is 14.9 Å². The number of fused-ring (bicyclic) bond motifs is 1. The van der Waals surface area contributed by atoms with Gasteiger partial charge in [-0.25, -0.2) is 9.37 Å². The van der Waals surface area contributed by atoms with Crippen LogP contribution in [0.15, 0.2) is 79.4 Å². The van der Waals surface area contributed by atoms with Gasteiger partial charge in [0.05, 0.1) is 5.52 Å². The van der Waals surface area contributed by atoms with Crippen LogP contribution in [0.4, 0.5) is 38.9 Å². The summed E-state index contributed by atoms with van der Waals surface area (Å²) < 4.78 is 14.1. The molecule has 38 heavy (non-hydrogen) atoms. The van der Waals surface area contributed by atoms with Crippen LogP contribution < -0.4 is 20.9 Å². The van der Waals surface area contributed by atoms with Crippen LogP contribution in [0.5, 0.6) is 0 Å². The van der Waals surface area contributed by atoms with E-state index >= 15 is 0 Å². The first-order valence-corrected chi connectivity index (χ1v) is 12.6. The van der Waals surface area contributed by atoms with Crippen LogP contribution in [0.1, 0.15) is 6.92 Å². The first-order valence-electron chi connectivity index (χ1n) is 12.6. The maximum atomic E-state index is 14.1. The Hall–Kier alpha value is -4.50. The topological polar surface area (TPSA) is 85.4 Å². The van der Waals surface area contributed by atoms with Crippen LogP contribution in [0.3, 0.4) is 0 Å². The third kappa shape index (κ3) is 5.90. The van der Waals surface area contributed by atoms with Crippen LogP contribution in [-0.4, -0.2) is 53.5 Å². The van der Waals surface area contributed by atoms with Crippen LogP contribution in [0.25, 0.3) is 10.9 Å². The molecule has 3 aromatic carbocycles. The van der Waals surface area contributed by atoms with Crippen molar-refractivity contribution < 1.29 is 9.18 Å². The minimum Gasteiger partial charge on any atom is -0.369 e. The average Bonchev–Trinajstić information content (AvgIpc) is 2.94. The Bertz CT molecular complexity index is 1450. The molecule has 1 saturated heterocycles. The van der Waals surface area contributed by atoms with E-state index in [2.05, 4.69) is 61.4 Å². The third-order valence-electron chi connectivity index (χ3n) is 6.54. The SMILES string of the molecule is C=CC(=O)Nc1cccc(Nc2nc(Nc3ccc(N4CCN(CC)CC4)cc3)nc3ccc(F)cc23)c1. The Morgan fingerprint density at radius 2 is 1.71 bits per heavy atom. The number of anilines is 6. The van der Waals surface area contributed by atoms with E-state index in [0.717, 1.165) is 38.4 Å². The molecule has 5 rings (SSSR count). The highest BCUT2D eigenvalue weighted by atomic mass is 19.1. The molecule has 0 saturated carbocycles. The summed E-state index contributed by atoms with van der Waals surface area (Å²) in [5, 5.41) is 9.80. The summed E-state index contributed by atoms with van der Waals surface area (Å²) in [5.41, 5.74) is 3.90. The molecular weight excluding hydrogens is 481 g/mol. The summed E-state index contributed by atoms with van der Waals surface area (Å²) in [6.07, 6.45) is 1.21. The molecule has 1 aliphatic heterocycles. The van der Waals surface area contributed by atoms with Crippen molar-refractivity contribution in [3.63, 3.8) is 0 Å². The Labute approximate surface area is 221 Å². The van der Waals surface area contributed by atoms with Gasteiger partial charge in [-0.1, -0.05) is 19.6 Å². The van der Waals surface area contributed by atoms with E-state index in [9.17, 15) is 9.18 Å².